The van der Waals surface area contributed by atoms with Gasteiger partial charge >= 0.3 is 0 Å². The van der Waals surface area contributed by atoms with Crippen molar-refractivity contribution in [1.29, 1.82) is 0 Å². The van der Waals surface area contributed by atoms with Crippen molar-refractivity contribution in [1.82, 2.24) is 19.9 Å². The molecular formula is C13H22N6S. The topological polar surface area (TPSA) is 78.5 Å². The molecule has 2 aromatic rings. The van der Waals surface area contributed by atoms with Gasteiger partial charge in [-0.15, -0.1) is 0 Å². The normalized spacial score (nSPS) is 11.8. The lowest BCUT2D eigenvalue weighted by Gasteiger charge is -2.30. The first-order valence-electron chi connectivity index (χ1n) is 6.86. The summed E-state index contributed by atoms with van der Waals surface area (Å²) >= 11 is 1.91. The van der Waals surface area contributed by atoms with Crippen molar-refractivity contribution in [2.24, 2.45) is 0 Å². The van der Waals surface area contributed by atoms with E-state index in [0.29, 0.717) is 11.6 Å². The molecule has 3 N–H and O–H groups in total. The molecule has 2 heterocycles. The van der Waals surface area contributed by atoms with Crippen LogP contribution in [0.15, 0.2) is 6.33 Å². The Labute approximate surface area is 123 Å². The van der Waals surface area contributed by atoms with Crippen LogP contribution < -0.4 is 10.6 Å². The molecule has 6 nitrogen and oxygen atoms in total. The number of thioether (sulfide) groups is 1. The fourth-order valence-electron chi connectivity index (χ4n) is 2.18. The van der Waals surface area contributed by atoms with Gasteiger partial charge in [0.2, 0.25) is 5.95 Å². The number of H-pyrrole nitrogens is 1. The Morgan fingerprint density at radius 2 is 2.05 bits per heavy atom. The van der Waals surface area contributed by atoms with Crippen LogP contribution in [-0.4, -0.2) is 44.5 Å². The van der Waals surface area contributed by atoms with Crippen molar-refractivity contribution in [2.45, 2.75) is 31.4 Å². The quantitative estimate of drug-likeness (QED) is 0.729. The third kappa shape index (κ3) is 2.82. The molecule has 0 saturated heterocycles. The highest BCUT2D eigenvalue weighted by atomic mass is 32.2. The van der Waals surface area contributed by atoms with E-state index in [2.05, 4.69) is 50.7 Å². The number of fused-ring (bicyclic) bond motifs is 1. The van der Waals surface area contributed by atoms with Crippen LogP contribution in [0.2, 0.25) is 0 Å². The molecule has 2 aromatic heterocycles. The van der Waals surface area contributed by atoms with Gasteiger partial charge in [0, 0.05) is 18.3 Å². The van der Waals surface area contributed by atoms with E-state index in [0.717, 1.165) is 30.7 Å². The lowest BCUT2D eigenvalue weighted by molar-refractivity contribution is 0.574. The van der Waals surface area contributed by atoms with E-state index in [1.807, 2.05) is 18.8 Å². The van der Waals surface area contributed by atoms with Gasteiger partial charge in [-0.2, -0.15) is 21.7 Å². The van der Waals surface area contributed by atoms with Crippen LogP contribution in [0.3, 0.4) is 0 Å². The number of nitrogens with one attached hydrogen (secondary N) is 3. The molecule has 0 spiro atoms. The van der Waals surface area contributed by atoms with Crippen molar-refractivity contribution in [3.63, 3.8) is 0 Å². The Morgan fingerprint density at radius 3 is 2.65 bits per heavy atom. The van der Waals surface area contributed by atoms with Crippen LogP contribution in [0.5, 0.6) is 0 Å². The standard InChI is InChI=1S/C13H22N6S/c1-5-13(6-2,20-4)7-15-10-9-11(17-8-16-9)19-12(14-3)18-10/h8H,5-7H2,1-4H3,(H3,14,15,16,17,18,19). The molecule has 0 atom stereocenters. The fraction of sp³-hybridized carbons (Fsp3) is 0.615. The minimum atomic E-state index is 0.233. The number of hydrogen-bond donors (Lipinski definition) is 3. The van der Waals surface area contributed by atoms with E-state index < -0.39 is 0 Å². The summed E-state index contributed by atoms with van der Waals surface area (Å²) in [7, 11) is 1.81. The molecule has 0 radical (unpaired) electrons. The van der Waals surface area contributed by atoms with Gasteiger partial charge in [-0.25, -0.2) is 4.98 Å². The van der Waals surface area contributed by atoms with Gasteiger partial charge in [0.25, 0.3) is 0 Å². The first kappa shape index (κ1) is 14.9. The van der Waals surface area contributed by atoms with Gasteiger partial charge in [-0.1, -0.05) is 13.8 Å². The molecule has 0 aromatic carbocycles. The predicted molar refractivity (Wildman–Crippen MR) is 86.5 cm³/mol. The molecule has 0 saturated carbocycles. The summed E-state index contributed by atoms with van der Waals surface area (Å²) in [4.78, 5) is 16.1. The van der Waals surface area contributed by atoms with Crippen molar-refractivity contribution in [3.05, 3.63) is 6.33 Å². The lowest BCUT2D eigenvalue weighted by Crippen LogP contribution is -2.32. The number of rotatable bonds is 7. The molecule has 0 aliphatic carbocycles. The van der Waals surface area contributed by atoms with Crippen LogP contribution >= 0.6 is 11.8 Å². The zero-order valence-electron chi connectivity index (χ0n) is 12.4. The van der Waals surface area contributed by atoms with Crippen LogP contribution in [0, 0.1) is 0 Å². The van der Waals surface area contributed by atoms with Crippen molar-refractivity contribution in [2.75, 3.05) is 30.5 Å². The Bertz CT molecular complexity index is 555. The number of imidazole rings is 1. The first-order chi connectivity index (χ1) is 9.68. The summed E-state index contributed by atoms with van der Waals surface area (Å²) in [6, 6.07) is 0. The van der Waals surface area contributed by atoms with E-state index in [1.165, 1.54) is 0 Å². The molecule has 7 heteroatoms. The zero-order valence-corrected chi connectivity index (χ0v) is 13.3. The molecule has 0 fully saturated rings. The summed E-state index contributed by atoms with van der Waals surface area (Å²) in [5.74, 6) is 1.38. The Hall–Kier alpha value is -1.50. The van der Waals surface area contributed by atoms with Gasteiger partial charge in [0.15, 0.2) is 11.5 Å². The predicted octanol–water partition coefficient (Wildman–Crippen LogP) is 2.73. The van der Waals surface area contributed by atoms with Crippen LogP contribution in [0.4, 0.5) is 11.8 Å². The highest BCUT2D eigenvalue weighted by molar-refractivity contribution is 8.00. The van der Waals surface area contributed by atoms with Crippen LogP contribution in [-0.2, 0) is 0 Å². The van der Waals surface area contributed by atoms with E-state index in [1.54, 1.807) is 6.33 Å². The first-order valence-corrected chi connectivity index (χ1v) is 8.08. The summed E-state index contributed by atoms with van der Waals surface area (Å²) in [6.45, 7) is 5.33. The molecular weight excluding hydrogens is 272 g/mol. The summed E-state index contributed by atoms with van der Waals surface area (Å²) in [5.41, 5.74) is 1.53. The average molecular weight is 294 g/mol. The molecule has 0 unspecified atom stereocenters. The summed E-state index contributed by atoms with van der Waals surface area (Å²) in [5, 5.41) is 6.43. The molecule has 20 heavy (non-hydrogen) atoms. The molecule has 0 aliphatic heterocycles. The summed E-state index contributed by atoms with van der Waals surface area (Å²) < 4.78 is 0.233. The number of nitrogens with zero attached hydrogens (tertiary/aromatic N) is 3. The van der Waals surface area contributed by atoms with Crippen LogP contribution in [0.25, 0.3) is 11.2 Å². The zero-order chi connectivity index (χ0) is 14.6. The van der Waals surface area contributed by atoms with Gasteiger partial charge in [0.1, 0.15) is 5.52 Å². The third-order valence-corrected chi connectivity index (χ3v) is 5.40. The third-order valence-electron chi connectivity index (χ3n) is 3.81. The van der Waals surface area contributed by atoms with Crippen molar-refractivity contribution < 1.29 is 0 Å². The fourth-order valence-corrected chi connectivity index (χ4v) is 2.97. The van der Waals surface area contributed by atoms with E-state index >= 15 is 0 Å². The number of aromatic nitrogens is 4. The number of hydrogen-bond acceptors (Lipinski definition) is 6. The monoisotopic (exact) mass is 294 g/mol. The Morgan fingerprint density at radius 1 is 1.30 bits per heavy atom. The maximum absolute atomic E-state index is 4.48. The minimum absolute atomic E-state index is 0.233. The highest BCUT2D eigenvalue weighted by Crippen LogP contribution is 2.31. The van der Waals surface area contributed by atoms with E-state index in [-0.39, 0.29) is 4.75 Å². The van der Waals surface area contributed by atoms with E-state index in [4.69, 9.17) is 0 Å². The van der Waals surface area contributed by atoms with Gasteiger partial charge in [0.05, 0.1) is 6.33 Å². The molecule has 0 aliphatic rings. The molecule has 0 amide bonds. The molecule has 110 valence electrons. The second-order valence-electron chi connectivity index (χ2n) is 4.69. The molecule has 0 bridgehead atoms. The van der Waals surface area contributed by atoms with Crippen molar-refractivity contribution >= 4 is 34.7 Å². The summed E-state index contributed by atoms with van der Waals surface area (Å²) in [6.07, 6.45) is 6.05. The maximum atomic E-state index is 4.48. The highest BCUT2D eigenvalue weighted by Gasteiger charge is 2.25. The van der Waals surface area contributed by atoms with E-state index in [9.17, 15) is 0 Å². The number of aromatic amines is 1. The minimum Gasteiger partial charge on any atom is -0.367 e. The second-order valence-corrected chi connectivity index (χ2v) is 5.97. The molecule has 2 rings (SSSR count). The Balaban J connectivity index is 2.26. The Kier molecular flexibility index (Phi) is 4.69. The van der Waals surface area contributed by atoms with Crippen LogP contribution in [0.1, 0.15) is 26.7 Å². The largest absolute Gasteiger partial charge is 0.367 e. The maximum Gasteiger partial charge on any atom is 0.226 e. The van der Waals surface area contributed by atoms with Gasteiger partial charge in [-0.05, 0) is 19.1 Å². The van der Waals surface area contributed by atoms with Gasteiger partial charge in [-0.3, -0.25) is 0 Å². The lowest BCUT2D eigenvalue weighted by atomic mass is 10.0. The second kappa shape index (κ2) is 6.30. The smallest absolute Gasteiger partial charge is 0.226 e. The van der Waals surface area contributed by atoms with Gasteiger partial charge < -0.3 is 15.6 Å². The average Bonchev–Trinajstić information content (AvgIpc) is 2.97. The van der Waals surface area contributed by atoms with Crippen molar-refractivity contribution in [3.8, 4) is 0 Å². The number of anilines is 2. The SMILES string of the molecule is CCC(CC)(CNc1nc(NC)nc2nc[nH]c12)SC.